The van der Waals surface area contributed by atoms with Crippen LogP contribution in [0.15, 0.2) is 71.7 Å². The van der Waals surface area contributed by atoms with E-state index in [2.05, 4.69) is 20.6 Å². The van der Waals surface area contributed by atoms with Crippen molar-refractivity contribution >= 4 is 20.2 Å². The van der Waals surface area contributed by atoms with E-state index in [4.69, 9.17) is 9.79 Å². The predicted molar refractivity (Wildman–Crippen MR) is 111 cm³/mol. The zero-order valence-corrected chi connectivity index (χ0v) is 16.5. The van der Waals surface area contributed by atoms with E-state index in [0.29, 0.717) is 0 Å². The molecule has 0 aliphatic carbocycles. The van der Waals surface area contributed by atoms with E-state index < -0.39 is 31.8 Å². The molecule has 0 saturated heterocycles. The van der Waals surface area contributed by atoms with Crippen LogP contribution in [0, 0.1) is 0 Å². The van der Waals surface area contributed by atoms with Crippen LogP contribution in [0.2, 0.25) is 0 Å². The van der Waals surface area contributed by atoms with E-state index in [0.717, 1.165) is 17.3 Å². The zero-order valence-electron chi connectivity index (χ0n) is 15.6. The summed E-state index contributed by atoms with van der Waals surface area (Å²) in [6.07, 6.45) is 0.646. The molecular weight excluding hydrogens is 407 g/mol. The molecule has 1 heterocycles. The maximum absolute atomic E-state index is 12.8. The van der Waals surface area contributed by atoms with Gasteiger partial charge in [-0.2, -0.15) is 0 Å². The van der Waals surface area contributed by atoms with Gasteiger partial charge in [-0.05, 0) is 11.1 Å². The van der Waals surface area contributed by atoms with Crippen molar-refractivity contribution in [2.24, 2.45) is 0 Å². The van der Waals surface area contributed by atoms with E-state index >= 15 is 0 Å². The lowest BCUT2D eigenvalue weighted by Gasteiger charge is -2.19. The SMILES string of the molecule is O=C(NCP(O)O)c1ncc(C(=O)NC(c2ccccc2)c2ccccc2)c(=O)[nH]1. The number of aromatic nitrogens is 2. The Balaban J connectivity index is 1.83. The van der Waals surface area contributed by atoms with Gasteiger partial charge in [-0.3, -0.25) is 14.4 Å². The minimum atomic E-state index is -2.32. The maximum Gasteiger partial charge on any atom is 0.287 e. The molecule has 5 N–H and O–H groups in total. The monoisotopic (exact) mass is 426 g/mol. The maximum atomic E-state index is 12.8. The van der Waals surface area contributed by atoms with Crippen molar-refractivity contribution in [3.8, 4) is 0 Å². The van der Waals surface area contributed by atoms with E-state index in [1.54, 1.807) is 0 Å². The second kappa shape index (κ2) is 9.89. The van der Waals surface area contributed by atoms with Crippen molar-refractivity contribution in [1.29, 1.82) is 0 Å². The molecule has 1 aromatic heterocycles. The Bertz CT molecular complexity index is 1030. The molecule has 0 unspecified atom stereocenters. The van der Waals surface area contributed by atoms with E-state index in [1.807, 2.05) is 60.7 Å². The van der Waals surface area contributed by atoms with Gasteiger partial charge in [-0.15, -0.1) is 0 Å². The van der Waals surface area contributed by atoms with Crippen molar-refractivity contribution in [1.82, 2.24) is 20.6 Å². The number of aromatic amines is 1. The number of amides is 2. The molecule has 0 fully saturated rings. The normalized spacial score (nSPS) is 10.8. The number of nitrogens with zero attached hydrogens (tertiary/aromatic N) is 1. The minimum Gasteiger partial charge on any atom is -0.349 e. The molecular formula is C20H19N4O5P. The van der Waals surface area contributed by atoms with Crippen LogP contribution in [0.3, 0.4) is 0 Å². The number of carbonyl (C=O) groups is 2. The van der Waals surface area contributed by atoms with Gasteiger partial charge in [0.15, 0.2) is 14.2 Å². The molecule has 0 aliphatic rings. The van der Waals surface area contributed by atoms with Gasteiger partial charge in [0.25, 0.3) is 17.4 Å². The van der Waals surface area contributed by atoms with Gasteiger partial charge in [0.1, 0.15) is 5.56 Å². The Hall–Kier alpha value is -3.39. The molecule has 9 nitrogen and oxygen atoms in total. The summed E-state index contributed by atoms with van der Waals surface area (Å²) >= 11 is 0. The number of benzene rings is 2. The first kappa shape index (κ1) is 21.3. The summed E-state index contributed by atoms with van der Waals surface area (Å²) in [4.78, 5) is 60.8. The molecule has 30 heavy (non-hydrogen) atoms. The molecule has 10 heteroatoms. The highest BCUT2D eigenvalue weighted by Gasteiger charge is 2.21. The lowest BCUT2D eigenvalue weighted by atomic mass is 9.98. The summed E-state index contributed by atoms with van der Waals surface area (Å²) in [5, 5.41) is 5.04. The molecule has 0 radical (unpaired) electrons. The summed E-state index contributed by atoms with van der Waals surface area (Å²) in [5.74, 6) is -1.78. The number of rotatable bonds is 7. The van der Waals surface area contributed by atoms with Crippen molar-refractivity contribution < 1.29 is 19.4 Å². The number of H-pyrrole nitrogens is 1. The van der Waals surface area contributed by atoms with Crippen molar-refractivity contribution in [2.45, 2.75) is 6.04 Å². The molecule has 0 bridgehead atoms. The number of hydrogen-bond acceptors (Lipinski definition) is 6. The Labute approximate surface area is 172 Å². The standard InChI is InChI=1S/C20H19N4O5P/c25-18(15-11-21-17(24-19(15)26)20(27)22-12-30(28)29)23-16(13-7-3-1-4-8-13)14-9-5-2-6-10-14/h1-11,16,28-29H,12H2,(H,22,27)(H,23,25)(H,21,24,26). The predicted octanol–water partition coefficient (Wildman–Crippen LogP) is 1.27. The third-order valence-corrected chi connectivity index (χ3v) is 4.62. The van der Waals surface area contributed by atoms with Crippen LogP contribution in [0.5, 0.6) is 0 Å². The summed E-state index contributed by atoms with van der Waals surface area (Å²) in [5.41, 5.74) is 0.627. The first-order valence-corrected chi connectivity index (χ1v) is 10.3. The third-order valence-electron chi connectivity index (χ3n) is 4.18. The lowest BCUT2D eigenvalue weighted by molar-refractivity contribution is 0.0929. The molecule has 154 valence electrons. The molecule has 2 amide bonds. The van der Waals surface area contributed by atoms with Crippen LogP contribution < -0.4 is 16.2 Å². The summed E-state index contributed by atoms with van der Waals surface area (Å²) in [7, 11) is -2.32. The average molecular weight is 426 g/mol. The Kier molecular flexibility index (Phi) is 7.03. The Morgan fingerprint density at radius 2 is 1.53 bits per heavy atom. The second-order valence-electron chi connectivity index (χ2n) is 6.24. The zero-order chi connectivity index (χ0) is 21.5. The second-order valence-corrected chi connectivity index (χ2v) is 7.30. The fourth-order valence-electron chi connectivity index (χ4n) is 2.76. The summed E-state index contributed by atoms with van der Waals surface area (Å²) in [6.45, 7) is 0. The number of hydrogen-bond donors (Lipinski definition) is 5. The van der Waals surface area contributed by atoms with Crippen LogP contribution in [0.4, 0.5) is 0 Å². The highest BCUT2D eigenvalue weighted by atomic mass is 31.2. The molecule has 0 spiro atoms. The molecule has 3 rings (SSSR count). The fourth-order valence-corrected chi connectivity index (χ4v) is 3.04. The van der Waals surface area contributed by atoms with E-state index in [1.165, 1.54) is 0 Å². The van der Waals surface area contributed by atoms with Gasteiger partial charge in [0.2, 0.25) is 0 Å². The first-order chi connectivity index (χ1) is 14.5. The van der Waals surface area contributed by atoms with Crippen LogP contribution in [0.1, 0.15) is 38.1 Å². The quantitative estimate of drug-likeness (QED) is 0.360. The van der Waals surface area contributed by atoms with E-state index in [9.17, 15) is 14.4 Å². The van der Waals surface area contributed by atoms with Gasteiger partial charge >= 0.3 is 0 Å². The van der Waals surface area contributed by atoms with Gasteiger partial charge in [0, 0.05) is 6.20 Å². The van der Waals surface area contributed by atoms with Gasteiger partial charge in [-0.25, -0.2) is 4.98 Å². The van der Waals surface area contributed by atoms with Crippen molar-refractivity contribution in [2.75, 3.05) is 6.29 Å². The molecule has 0 saturated carbocycles. The van der Waals surface area contributed by atoms with Crippen LogP contribution >= 0.6 is 8.38 Å². The van der Waals surface area contributed by atoms with Crippen LogP contribution in [0.25, 0.3) is 0 Å². The highest BCUT2D eigenvalue weighted by Crippen LogP contribution is 2.22. The topological polar surface area (TPSA) is 144 Å². The van der Waals surface area contributed by atoms with Crippen LogP contribution in [-0.4, -0.2) is 37.9 Å². The average Bonchev–Trinajstić information content (AvgIpc) is 2.76. The van der Waals surface area contributed by atoms with Gasteiger partial charge in [0.05, 0.1) is 12.3 Å². The van der Waals surface area contributed by atoms with Crippen molar-refractivity contribution in [3.05, 3.63) is 99.7 Å². The Morgan fingerprint density at radius 3 is 2.03 bits per heavy atom. The number of nitrogens with one attached hydrogen (secondary N) is 3. The fraction of sp³-hybridized carbons (Fsp3) is 0.100. The molecule has 3 aromatic rings. The Morgan fingerprint density at radius 1 is 0.967 bits per heavy atom. The lowest BCUT2D eigenvalue weighted by Crippen LogP contribution is -2.35. The van der Waals surface area contributed by atoms with Gasteiger partial charge < -0.3 is 25.4 Å². The molecule has 0 aliphatic heterocycles. The number of carbonyl (C=O) groups excluding carboxylic acids is 2. The van der Waals surface area contributed by atoms with Crippen molar-refractivity contribution in [3.63, 3.8) is 0 Å². The van der Waals surface area contributed by atoms with Gasteiger partial charge in [-0.1, -0.05) is 60.7 Å². The molecule has 0 atom stereocenters. The minimum absolute atomic E-state index is 0.255. The highest BCUT2D eigenvalue weighted by molar-refractivity contribution is 7.45. The molecule has 2 aromatic carbocycles. The summed E-state index contributed by atoms with van der Waals surface area (Å²) < 4.78 is 0. The third kappa shape index (κ3) is 5.36. The van der Waals surface area contributed by atoms with Crippen LogP contribution in [-0.2, 0) is 0 Å². The first-order valence-electron chi connectivity index (χ1n) is 8.89. The largest absolute Gasteiger partial charge is 0.349 e. The smallest absolute Gasteiger partial charge is 0.287 e. The van der Waals surface area contributed by atoms with E-state index in [-0.39, 0.29) is 17.7 Å². The summed E-state index contributed by atoms with van der Waals surface area (Å²) in [6, 6.07) is 18.1.